The number of hydrogen-bond acceptors (Lipinski definition) is 7. The van der Waals surface area contributed by atoms with Crippen LogP contribution >= 0.6 is 0 Å². The Morgan fingerprint density at radius 3 is 2.68 bits per heavy atom. The first-order valence-corrected chi connectivity index (χ1v) is 8.48. The van der Waals surface area contributed by atoms with E-state index in [0.717, 1.165) is 0 Å². The maximum absolute atomic E-state index is 12.1. The van der Waals surface area contributed by atoms with Crippen LogP contribution < -0.4 is 14.9 Å². The molecule has 3 aromatic rings. The van der Waals surface area contributed by atoms with Crippen LogP contribution in [0.15, 0.2) is 62.9 Å². The molecule has 8 heteroatoms. The van der Waals surface area contributed by atoms with Gasteiger partial charge < -0.3 is 18.3 Å². The van der Waals surface area contributed by atoms with Gasteiger partial charge in [-0.1, -0.05) is 0 Å². The zero-order valence-corrected chi connectivity index (χ0v) is 15.3. The first-order chi connectivity index (χ1) is 13.6. The van der Waals surface area contributed by atoms with Gasteiger partial charge >= 0.3 is 5.97 Å². The number of benzene rings is 1. The van der Waals surface area contributed by atoms with E-state index in [1.807, 2.05) is 6.92 Å². The fraction of sp³-hybridized carbons (Fsp3) is 0.150. The highest BCUT2D eigenvalue weighted by Gasteiger charge is 2.15. The normalized spacial score (nSPS) is 10.8. The number of esters is 1. The molecule has 1 aromatic carbocycles. The molecular weight excluding hydrogens is 364 g/mol. The zero-order chi connectivity index (χ0) is 19.9. The van der Waals surface area contributed by atoms with Crippen LogP contribution in [0.5, 0.6) is 11.5 Å². The van der Waals surface area contributed by atoms with Gasteiger partial charge in [-0.05, 0) is 55.8 Å². The predicted molar refractivity (Wildman–Crippen MR) is 99.8 cm³/mol. The minimum Gasteiger partial charge on any atom is -0.490 e. The maximum Gasteiger partial charge on any atom is 0.379 e. The van der Waals surface area contributed by atoms with E-state index in [1.165, 1.54) is 24.8 Å². The number of aryl methyl sites for hydroxylation is 1. The Balaban J connectivity index is 1.70. The van der Waals surface area contributed by atoms with Gasteiger partial charge in [0.25, 0.3) is 5.91 Å². The van der Waals surface area contributed by atoms with Gasteiger partial charge in [0, 0.05) is 0 Å². The molecule has 2 aromatic heterocycles. The molecule has 0 unspecified atom stereocenters. The zero-order valence-electron chi connectivity index (χ0n) is 15.3. The Bertz CT molecular complexity index is 988. The van der Waals surface area contributed by atoms with Crippen molar-refractivity contribution in [2.45, 2.75) is 13.8 Å². The van der Waals surface area contributed by atoms with Gasteiger partial charge in [0.1, 0.15) is 5.76 Å². The van der Waals surface area contributed by atoms with Crippen LogP contribution in [0.25, 0.3) is 0 Å². The molecule has 0 atom stereocenters. The molecule has 1 amide bonds. The summed E-state index contributed by atoms with van der Waals surface area (Å²) in [5.74, 6) is 0.202. The third-order valence-corrected chi connectivity index (χ3v) is 3.68. The average Bonchev–Trinajstić information content (AvgIpc) is 3.35. The molecule has 28 heavy (non-hydrogen) atoms. The van der Waals surface area contributed by atoms with Gasteiger partial charge in [0.05, 0.1) is 30.9 Å². The minimum absolute atomic E-state index is 0.0883. The molecular formula is C20H18N2O6. The molecule has 0 aliphatic carbocycles. The van der Waals surface area contributed by atoms with Gasteiger partial charge in [-0.3, -0.25) is 4.79 Å². The fourth-order valence-electron chi connectivity index (χ4n) is 2.35. The Kier molecular flexibility index (Phi) is 5.91. The van der Waals surface area contributed by atoms with E-state index in [0.29, 0.717) is 29.2 Å². The van der Waals surface area contributed by atoms with Crippen molar-refractivity contribution in [2.75, 3.05) is 6.61 Å². The summed E-state index contributed by atoms with van der Waals surface area (Å²) in [4.78, 5) is 24.0. The first kappa shape index (κ1) is 19.0. The number of furan rings is 2. The van der Waals surface area contributed by atoms with E-state index >= 15 is 0 Å². The highest BCUT2D eigenvalue weighted by molar-refractivity contribution is 5.95. The lowest BCUT2D eigenvalue weighted by Crippen LogP contribution is -2.17. The molecule has 0 saturated heterocycles. The Morgan fingerprint density at radius 1 is 1.14 bits per heavy atom. The smallest absolute Gasteiger partial charge is 0.379 e. The quantitative estimate of drug-likeness (QED) is 0.290. The van der Waals surface area contributed by atoms with Gasteiger partial charge in [0.15, 0.2) is 11.5 Å². The number of hydrazone groups is 1. The number of ether oxygens (including phenoxy) is 2. The molecule has 2 heterocycles. The van der Waals surface area contributed by atoms with Crippen molar-refractivity contribution in [3.8, 4) is 11.5 Å². The molecule has 0 saturated carbocycles. The second kappa shape index (κ2) is 8.72. The van der Waals surface area contributed by atoms with E-state index in [4.69, 9.17) is 18.3 Å². The molecule has 0 aliphatic heterocycles. The summed E-state index contributed by atoms with van der Waals surface area (Å²) < 4.78 is 21.0. The van der Waals surface area contributed by atoms with Gasteiger partial charge in [-0.15, -0.1) is 0 Å². The summed E-state index contributed by atoms with van der Waals surface area (Å²) in [7, 11) is 0. The summed E-state index contributed by atoms with van der Waals surface area (Å²) >= 11 is 0. The topological polar surface area (TPSA) is 103 Å². The van der Waals surface area contributed by atoms with E-state index in [9.17, 15) is 9.59 Å². The Morgan fingerprint density at radius 2 is 2.00 bits per heavy atom. The van der Waals surface area contributed by atoms with Crippen LogP contribution in [0, 0.1) is 6.92 Å². The van der Waals surface area contributed by atoms with E-state index in [2.05, 4.69) is 10.5 Å². The molecule has 0 aliphatic rings. The van der Waals surface area contributed by atoms with Crippen molar-refractivity contribution in [1.29, 1.82) is 0 Å². The Labute approximate surface area is 160 Å². The summed E-state index contributed by atoms with van der Waals surface area (Å²) in [5.41, 5.74) is 3.48. The van der Waals surface area contributed by atoms with E-state index in [-0.39, 0.29) is 17.4 Å². The molecule has 0 bridgehead atoms. The number of carbonyl (C=O) groups is 2. The van der Waals surface area contributed by atoms with Crippen LogP contribution in [-0.4, -0.2) is 24.7 Å². The lowest BCUT2D eigenvalue weighted by atomic mass is 10.2. The van der Waals surface area contributed by atoms with Crippen molar-refractivity contribution in [1.82, 2.24) is 5.43 Å². The fourth-order valence-corrected chi connectivity index (χ4v) is 2.35. The van der Waals surface area contributed by atoms with Crippen LogP contribution in [0.1, 0.15) is 39.2 Å². The van der Waals surface area contributed by atoms with E-state index < -0.39 is 5.97 Å². The summed E-state index contributed by atoms with van der Waals surface area (Å²) in [5, 5.41) is 3.93. The number of amides is 1. The van der Waals surface area contributed by atoms with Gasteiger partial charge in [-0.2, -0.15) is 5.10 Å². The third kappa shape index (κ3) is 4.47. The number of hydrogen-bond donors (Lipinski definition) is 1. The summed E-state index contributed by atoms with van der Waals surface area (Å²) in [6.45, 7) is 3.88. The second-order valence-corrected chi connectivity index (χ2v) is 5.60. The molecule has 1 N–H and O–H groups in total. The van der Waals surface area contributed by atoms with Crippen LogP contribution in [-0.2, 0) is 0 Å². The largest absolute Gasteiger partial charge is 0.490 e. The number of carbonyl (C=O) groups excluding carboxylic acids is 2. The third-order valence-electron chi connectivity index (χ3n) is 3.68. The van der Waals surface area contributed by atoms with Crippen LogP contribution in [0.2, 0.25) is 0 Å². The Hall–Kier alpha value is -3.81. The van der Waals surface area contributed by atoms with Gasteiger partial charge in [0.2, 0.25) is 5.76 Å². The molecule has 3 rings (SSSR count). The first-order valence-electron chi connectivity index (χ1n) is 8.48. The highest BCUT2D eigenvalue weighted by atomic mass is 16.6. The van der Waals surface area contributed by atoms with Crippen molar-refractivity contribution in [3.63, 3.8) is 0 Å². The average molecular weight is 382 g/mol. The second-order valence-electron chi connectivity index (χ2n) is 5.60. The predicted octanol–water partition coefficient (Wildman–Crippen LogP) is 3.56. The molecule has 144 valence electrons. The van der Waals surface area contributed by atoms with Crippen LogP contribution in [0.3, 0.4) is 0 Å². The SMILES string of the molecule is CCOc1cc(/C=N/NC(=O)c2ccoc2C)ccc1OC(=O)c1ccco1. The van der Waals surface area contributed by atoms with Crippen molar-refractivity contribution >= 4 is 18.1 Å². The molecule has 0 radical (unpaired) electrons. The molecule has 0 spiro atoms. The molecule has 0 fully saturated rings. The van der Waals surface area contributed by atoms with Crippen molar-refractivity contribution in [2.24, 2.45) is 5.10 Å². The lowest BCUT2D eigenvalue weighted by molar-refractivity contribution is 0.0695. The standard InChI is InChI=1S/C20H18N2O6/c1-3-25-18-11-14(12-21-22-19(23)15-8-10-26-13(15)2)6-7-16(18)28-20(24)17-5-4-9-27-17/h4-12H,3H2,1-2H3,(H,22,23)/b21-12+. The summed E-state index contributed by atoms with van der Waals surface area (Å²) in [6, 6.07) is 9.57. The van der Waals surface area contributed by atoms with Gasteiger partial charge in [-0.25, -0.2) is 10.2 Å². The summed E-state index contributed by atoms with van der Waals surface area (Å²) in [6.07, 6.45) is 4.28. The maximum atomic E-state index is 12.1. The van der Waals surface area contributed by atoms with Crippen molar-refractivity contribution in [3.05, 3.63) is 71.6 Å². The van der Waals surface area contributed by atoms with E-state index in [1.54, 1.807) is 37.3 Å². The highest BCUT2D eigenvalue weighted by Crippen LogP contribution is 2.29. The number of nitrogens with one attached hydrogen (secondary N) is 1. The van der Waals surface area contributed by atoms with Crippen LogP contribution in [0.4, 0.5) is 0 Å². The molecule has 8 nitrogen and oxygen atoms in total. The minimum atomic E-state index is -0.630. The van der Waals surface area contributed by atoms with Crippen molar-refractivity contribution < 1.29 is 27.9 Å². The number of rotatable bonds is 7. The lowest BCUT2D eigenvalue weighted by Gasteiger charge is -2.10. The monoisotopic (exact) mass is 382 g/mol. The number of nitrogens with zero attached hydrogens (tertiary/aromatic N) is 1.